The van der Waals surface area contributed by atoms with Crippen molar-refractivity contribution in [3.8, 4) is 5.75 Å². The smallest absolute Gasteiger partial charge is 0.234 e. The highest BCUT2D eigenvalue weighted by molar-refractivity contribution is 8.16. The van der Waals surface area contributed by atoms with E-state index in [1.807, 2.05) is 31.2 Å². The van der Waals surface area contributed by atoms with Crippen molar-refractivity contribution in [3.05, 3.63) is 59.2 Å². The van der Waals surface area contributed by atoms with Gasteiger partial charge in [-0.25, -0.2) is 4.99 Å². The standard InChI is InChI=1S/C29H37N3O2S/c1-4-6-19-34-24-15-13-23(14-16-24)27-28(32-29(31-27)17-8-7-9-18-29)35-20-25(33)30-26-21(3)11-10-12-22(26)5-2/h10-16H,4-9,17-20H2,1-3H3,(H,30,33). The van der Waals surface area contributed by atoms with Gasteiger partial charge in [-0.3, -0.25) is 9.79 Å². The Morgan fingerprint density at radius 3 is 2.54 bits per heavy atom. The van der Waals surface area contributed by atoms with Gasteiger partial charge in [-0.2, -0.15) is 0 Å². The van der Waals surface area contributed by atoms with Crippen LogP contribution in [0.5, 0.6) is 5.75 Å². The van der Waals surface area contributed by atoms with Crippen LogP contribution in [0.15, 0.2) is 52.4 Å². The number of nitrogens with one attached hydrogen (secondary N) is 1. The van der Waals surface area contributed by atoms with Crippen molar-refractivity contribution < 1.29 is 9.53 Å². The number of carbonyl (C=O) groups is 1. The van der Waals surface area contributed by atoms with Crippen LogP contribution in [0.4, 0.5) is 5.69 Å². The Labute approximate surface area is 213 Å². The first-order valence-corrected chi connectivity index (χ1v) is 14.0. The second-order valence-electron chi connectivity index (χ2n) is 9.45. The summed E-state index contributed by atoms with van der Waals surface area (Å²) in [5.41, 5.74) is 4.78. The molecule has 35 heavy (non-hydrogen) atoms. The summed E-state index contributed by atoms with van der Waals surface area (Å²) in [4.78, 5) is 23.2. The van der Waals surface area contributed by atoms with Crippen LogP contribution in [0, 0.1) is 6.92 Å². The molecule has 0 saturated heterocycles. The van der Waals surface area contributed by atoms with Gasteiger partial charge in [-0.1, -0.05) is 56.7 Å². The highest BCUT2D eigenvalue weighted by Gasteiger charge is 2.37. The van der Waals surface area contributed by atoms with Crippen LogP contribution in [0.2, 0.25) is 0 Å². The minimum absolute atomic E-state index is 0.00897. The van der Waals surface area contributed by atoms with Crippen molar-refractivity contribution in [1.29, 1.82) is 0 Å². The minimum atomic E-state index is -0.353. The Bertz CT molecular complexity index is 1090. The molecule has 1 saturated carbocycles. The largest absolute Gasteiger partial charge is 0.494 e. The fourth-order valence-electron chi connectivity index (χ4n) is 4.71. The van der Waals surface area contributed by atoms with Crippen molar-refractivity contribution in [1.82, 2.24) is 0 Å². The molecule has 1 aliphatic heterocycles. The monoisotopic (exact) mass is 491 g/mol. The Balaban J connectivity index is 1.48. The summed E-state index contributed by atoms with van der Waals surface area (Å²) in [6.07, 6.45) is 8.55. The molecule has 186 valence electrons. The summed E-state index contributed by atoms with van der Waals surface area (Å²) in [5, 5.41) is 4.02. The molecule has 1 aliphatic carbocycles. The summed E-state index contributed by atoms with van der Waals surface area (Å²) in [6, 6.07) is 14.3. The fourth-order valence-corrected chi connectivity index (χ4v) is 5.58. The SMILES string of the molecule is CCCCOc1ccc(C2=NC3(CCCCC3)N=C2SCC(=O)Nc2c(C)cccc2CC)cc1. The van der Waals surface area contributed by atoms with Crippen molar-refractivity contribution in [2.24, 2.45) is 9.98 Å². The van der Waals surface area contributed by atoms with Crippen LogP contribution in [-0.4, -0.2) is 34.7 Å². The molecule has 6 heteroatoms. The molecule has 1 fully saturated rings. The summed E-state index contributed by atoms with van der Waals surface area (Å²) >= 11 is 1.50. The molecule has 1 N–H and O–H groups in total. The lowest BCUT2D eigenvalue weighted by Crippen LogP contribution is -2.25. The average Bonchev–Trinajstić information content (AvgIpc) is 3.22. The number of anilines is 1. The van der Waals surface area contributed by atoms with Crippen molar-refractivity contribution >= 4 is 34.1 Å². The van der Waals surface area contributed by atoms with Crippen molar-refractivity contribution in [2.75, 3.05) is 17.7 Å². The predicted molar refractivity (Wildman–Crippen MR) is 148 cm³/mol. The molecule has 0 bridgehead atoms. The predicted octanol–water partition coefficient (Wildman–Crippen LogP) is 6.97. The number of aliphatic imine (C=N–C) groups is 2. The van der Waals surface area contributed by atoms with Crippen LogP contribution in [0.1, 0.15) is 75.5 Å². The second kappa shape index (κ2) is 11.9. The zero-order valence-corrected chi connectivity index (χ0v) is 22.0. The number of ether oxygens (including phenoxy) is 1. The number of thioether (sulfide) groups is 1. The quantitative estimate of drug-likeness (QED) is 0.385. The van der Waals surface area contributed by atoms with Gasteiger partial charge >= 0.3 is 0 Å². The van der Waals surface area contributed by atoms with Gasteiger partial charge < -0.3 is 10.1 Å². The third-order valence-corrected chi connectivity index (χ3v) is 7.69. The molecule has 2 aliphatic rings. The number of para-hydroxylation sites is 1. The maximum atomic E-state index is 12.9. The Hall–Kier alpha value is -2.60. The summed E-state index contributed by atoms with van der Waals surface area (Å²) in [5.74, 6) is 1.18. The highest BCUT2D eigenvalue weighted by Crippen LogP contribution is 2.39. The van der Waals surface area contributed by atoms with Gasteiger partial charge in [0, 0.05) is 11.3 Å². The lowest BCUT2D eigenvalue weighted by molar-refractivity contribution is -0.113. The first-order chi connectivity index (χ1) is 17.0. The fraction of sp³-hybridized carbons (Fsp3) is 0.483. The molecule has 2 aromatic rings. The number of amides is 1. The van der Waals surface area contributed by atoms with Gasteiger partial charge in [-0.05, 0) is 80.8 Å². The molecule has 0 unspecified atom stereocenters. The molecular weight excluding hydrogens is 454 g/mol. The zero-order valence-electron chi connectivity index (χ0n) is 21.2. The lowest BCUT2D eigenvalue weighted by Gasteiger charge is -2.27. The van der Waals surface area contributed by atoms with E-state index in [4.69, 9.17) is 14.7 Å². The second-order valence-corrected chi connectivity index (χ2v) is 10.4. The van der Waals surface area contributed by atoms with Gasteiger partial charge in [0.2, 0.25) is 5.91 Å². The van der Waals surface area contributed by atoms with Crippen LogP contribution in [-0.2, 0) is 11.2 Å². The normalized spacial score (nSPS) is 16.7. The van der Waals surface area contributed by atoms with E-state index < -0.39 is 0 Å². The maximum absolute atomic E-state index is 12.9. The summed E-state index contributed by atoms with van der Waals surface area (Å²) in [7, 11) is 0. The molecule has 5 nitrogen and oxygen atoms in total. The first kappa shape index (κ1) is 25.5. The van der Waals surface area contributed by atoms with E-state index in [9.17, 15) is 4.79 Å². The third kappa shape index (κ3) is 6.35. The minimum Gasteiger partial charge on any atom is -0.494 e. The molecule has 2 aromatic carbocycles. The van der Waals surface area contributed by atoms with Crippen molar-refractivity contribution in [2.45, 2.75) is 77.8 Å². The van der Waals surface area contributed by atoms with Crippen LogP contribution in [0.25, 0.3) is 0 Å². The number of aryl methyl sites for hydroxylation is 2. The Morgan fingerprint density at radius 2 is 1.83 bits per heavy atom. The Morgan fingerprint density at radius 1 is 1.06 bits per heavy atom. The molecule has 4 rings (SSSR count). The molecule has 1 heterocycles. The molecule has 1 amide bonds. The van der Waals surface area contributed by atoms with Gasteiger partial charge in [0.1, 0.15) is 10.8 Å². The number of rotatable bonds is 9. The lowest BCUT2D eigenvalue weighted by atomic mass is 9.90. The van der Waals surface area contributed by atoms with Crippen LogP contribution >= 0.6 is 11.8 Å². The van der Waals surface area contributed by atoms with E-state index in [-0.39, 0.29) is 11.6 Å². The highest BCUT2D eigenvalue weighted by atomic mass is 32.2. The van der Waals surface area contributed by atoms with Gasteiger partial charge in [0.25, 0.3) is 0 Å². The third-order valence-electron chi connectivity index (χ3n) is 6.73. The number of hydrogen-bond donors (Lipinski definition) is 1. The number of hydrogen-bond acceptors (Lipinski definition) is 5. The number of carbonyl (C=O) groups excluding carboxylic acids is 1. The maximum Gasteiger partial charge on any atom is 0.234 e. The van der Waals surface area contributed by atoms with Crippen molar-refractivity contribution in [3.63, 3.8) is 0 Å². The Kier molecular flexibility index (Phi) is 8.66. The van der Waals surface area contributed by atoms with Gasteiger partial charge in [-0.15, -0.1) is 0 Å². The number of benzene rings is 2. The van der Waals surface area contributed by atoms with Gasteiger partial charge in [0.15, 0.2) is 5.66 Å². The number of unbranched alkanes of at least 4 members (excludes halogenated alkanes) is 1. The zero-order chi connectivity index (χ0) is 24.7. The van der Waals surface area contributed by atoms with Crippen LogP contribution < -0.4 is 10.1 Å². The van der Waals surface area contributed by atoms with E-state index in [1.165, 1.54) is 18.2 Å². The van der Waals surface area contributed by atoms with Gasteiger partial charge in [0.05, 0.1) is 18.1 Å². The van der Waals surface area contributed by atoms with E-state index >= 15 is 0 Å². The van der Waals surface area contributed by atoms with E-state index in [0.29, 0.717) is 5.75 Å². The molecule has 0 atom stereocenters. The average molecular weight is 492 g/mol. The topological polar surface area (TPSA) is 63.1 Å². The number of nitrogens with zero attached hydrogens (tertiary/aromatic N) is 2. The summed E-state index contributed by atoms with van der Waals surface area (Å²) in [6.45, 7) is 7.04. The van der Waals surface area contributed by atoms with E-state index in [1.54, 1.807) is 0 Å². The first-order valence-electron chi connectivity index (χ1n) is 13.0. The molecular formula is C29H37N3O2S. The van der Waals surface area contributed by atoms with Crippen LogP contribution in [0.3, 0.4) is 0 Å². The molecule has 0 aromatic heterocycles. The molecule has 1 spiro atoms. The van der Waals surface area contributed by atoms with E-state index in [2.05, 4.69) is 37.4 Å². The molecule has 0 radical (unpaired) electrons. The summed E-state index contributed by atoms with van der Waals surface area (Å²) < 4.78 is 5.84. The van der Waals surface area contributed by atoms with E-state index in [0.717, 1.165) is 90.4 Å².